The number of amides is 1. The molecule has 4 rings (SSSR count). The molecule has 0 unspecified atom stereocenters. The molecule has 168 valence electrons. The van der Waals surface area contributed by atoms with Gasteiger partial charge in [-0.2, -0.15) is 0 Å². The van der Waals surface area contributed by atoms with Crippen molar-refractivity contribution in [3.8, 4) is 5.69 Å². The number of thioether (sulfide) groups is 1. The van der Waals surface area contributed by atoms with E-state index >= 15 is 0 Å². The van der Waals surface area contributed by atoms with Gasteiger partial charge in [-0.1, -0.05) is 55.3 Å². The van der Waals surface area contributed by atoms with Gasteiger partial charge in [0.25, 0.3) is 5.56 Å². The highest BCUT2D eigenvalue weighted by molar-refractivity contribution is 7.99. The van der Waals surface area contributed by atoms with E-state index in [0.29, 0.717) is 22.1 Å². The lowest BCUT2D eigenvalue weighted by Gasteiger charge is -2.33. The number of carbonyl (C=O) groups is 1. The SMILES string of the molecule is CCN(C(=O)CSc1nc2ccccc2c(=O)n1-c1cccc(C)c1C)C1CCCCC1. The Labute approximate surface area is 193 Å². The van der Waals surface area contributed by atoms with Crippen molar-refractivity contribution < 1.29 is 4.79 Å². The number of rotatable bonds is 6. The van der Waals surface area contributed by atoms with Gasteiger partial charge in [-0.3, -0.25) is 14.2 Å². The predicted molar refractivity (Wildman–Crippen MR) is 132 cm³/mol. The Bertz CT molecular complexity index is 1180. The van der Waals surface area contributed by atoms with E-state index in [1.165, 1.54) is 31.0 Å². The number of fused-ring (bicyclic) bond motifs is 1. The highest BCUT2D eigenvalue weighted by atomic mass is 32.2. The number of hydrogen-bond acceptors (Lipinski definition) is 4. The van der Waals surface area contributed by atoms with Crippen molar-refractivity contribution in [1.29, 1.82) is 0 Å². The number of aromatic nitrogens is 2. The molecule has 1 saturated carbocycles. The first-order chi connectivity index (χ1) is 15.5. The smallest absolute Gasteiger partial charge is 0.266 e. The summed E-state index contributed by atoms with van der Waals surface area (Å²) in [6, 6.07) is 13.7. The molecule has 5 nitrogen and oxygen atoms in total. The molecule has 32 heavy (non-hydrogen) atoms. The van der Waals surface area contributed by atoms with E-state index in [2.05, 4.69) is 6.92 Å². The minimum absolute atomic E-state index is 0.0983. The van der Waals surface area contributed by atoms with Crippen LogP contribution in [0.25, 0.3) is 16.6 Å². The number of para-hydroxylation sites is 1. The van der Waals surface area contributed by atoms with Gasteiger partial charge in [0.1, 0.15) is 0 Å². The van der Waals surface area contributed by atoms with Gasteiger partial charge in [-0.05, 0) is 62.9 Å². The zero-order chi connectivity index (χ0) is 22.7. The van der Waals surface area contributed by atoms with Gasteiger partial charge in [0, 0.05) is 12.6 Å². The van der Waals surface area contributed by atoms with Gasteiger partial charge in [0.15, 0.2) is 5.16 Å². The maximum atomic E-state index is 13.5. The first-order valence-corrected chi connectivity index (χ1v) is 12.5. The highest BCUT2D eigenvalue weighted by Gasteiger charge is 2.25. The molecule has 1 heterocycles. The minimum Gasteiger partial charge on any atom is -0.339 e. The summed E-state index contributed by atoms with van der Waals surface area (Å²) < 4.78 is 1.68. The van der Waals surface area contributed by atoms with E-state index in [-0.39, 0.29) is 17.2 Å². The second-order valence-corrected chi connectivity index (χ2v) is 9.47. The van der Waals surface area contributed by atoms with E-state index in [4.69, 9.17) is 4.98 Å². The van der Waals surface area contributed by atoms with Crippen LogP contribution in [-0.4, -0.2) is 38.7 Å². The molecule has 3 aromatic rings. The summed E-state index contributed by atoms with van der Waals surface area (Å²) in [5, 5.41) is 1.15. The van der Waals surface area contributed by atoms with Gasteiger partial charge in [0.2, 0.25) is 5.91 Å². The fraction of sp³-hybridized carbons (Fsp3) is 0.423. The van der Waals surface area contributed by atoms with Crippen LogP contribution in [0.15, 0.2) is 52.4 Å². The summed E-state index contributed by atoms with van der Waals surface area (Å²) in [5.41, 5.74) is 3.54. The number of aryl methyl sites for hydroxylation is 1. The largest absolute Gasteiger partial charge is 0.339 e. The van der Waals surface area contributed by atoms with Crippen LogP contribution in [0.5, 0.6) is 0 Å². The highest BCUT2D eigenvalue weighted by Crippen LogP contribution is 2.27. The summed E-state index contributed by atoms with van der Waals surface area (Å²) in [4.78, 5) is 33.5. The monoisotopic (exact) mass is 449 g/mol. The zero-order valence-corrected chi connectivity index (χ0v) is 20.0. The molecular weight excluding hydrogens is 418 g/mol. The van der Waals surface area contributed by atoms with Crippen molar-refractivity contribution in [3.63, 3.8) is 0 Å². The van der Waals surface area contributed by atoms with Gasteiger partial charge >= 0.3 is 0 Å². The fourth-order valence-electron chi connectivity index (χ4n) is 4.64. The van der Waals surface area contributed by atoms with Crippen LogP contribution < -0.4 is 5.56 Å². The average Bonchev–Trinajstić information content (AvgIpc) is 2.81. The second kappa shape index (κ2) is 9.90. The van der Waals surface area contributed by atoms with Crippen molar-refractivity contribution >= 4 is 28.6 Å². The van der Waals surface area contributed by atoms with Gasteiger partial charge in [-0.25, -0.2) is 4.98 Å². The minimum atomic E-state index is -0.0983. The third kappa shape index (κ3) is 4.46. The molecule has 0 radical (unpaired) electrons. The molecule has 0 spiro atoms. The first kappa shape index (κ1) is 22.6. The van der Waals surface area contributed by atoms with Crippen LogP contribution in [0.3, 0.4) is 0 Å². The number of hydrogen-bond donors (Lipinski definition) is 0. The molecular formula is C26H31N3O2S. The number of carbonyl (C=O) groups excluding carboxylic acids is 1. The standard InChI is InChI=1S/C26H31N3O2S/c1-4-28(20-12-6-5-7-13-20)24(30)17-32-26-27-22-15-9-8-14-21(22)25(31)29(26)23-16-10-11-18(2)19(23)3/h8-11,14-16,20H,4-7,12-13,17H2,1-3H3. The van der Waals surface area contributed by atoms with Crippen molar-refractivity contribution in [2.45, 2.75) is 64.1 Å². The Balaban J connectivity index is 1.71. The summed E-state index contributed by atoms with van der Waals surface area (Å²) in [5.74, 6) is 0.402. The van der Waals surface area contributed by atoms with E-state index in [1.54, 1.807) is 4.57 Å². The van der Waals surface area contributed by atoms with E-state index in [0.717, 1.165) is 36.2 Å². The molecule has 1 amide bonds. The summed E-state index contributed by atoms with van der Waals surface area (Å²) >= 11 is 1.36. The Morgan fingerprint density at radius 3 is 2.59 bits per heavy atom. The maximum Gasteiger partial charge on any atom is 0.266 e. The van der Waals surface area contributed by atoms with Crippen molar-refractivity contribution in [2.24, 2.45) is 0 Å². The summed E-state index contributed by atoms with van der Waals surface area (Å²) in [7, 11) is 0. The number of benzene rings is 2. The van der Waals surface area contributed by atoms with Crippen LogP contribution in [0, 0.1) is 13.8 Å². The summed E-state index contributed by atoms with van der Waals surface area (Å²) in [6.45, 7) is 6.84. The van der Waals surface area contributed by atoms with Crippen molar-refractivity contribution in [3.05, 3.63) is 63.9 Å². The lowest BCUT2D eigenvalue weighted by molar-refractivity contribution is -0.131. The first-order valence-electron chi connectivity index (χ1n) is 11.5. The predicted octanol–water partition coefficient (Wildman–Crippen LogP) is 5.28. The maximum absolute atomic E-state index is 13.5. The molecule has 0 saturated heterocycles. The quantitative estimate of drug-likeness (QED) is 0.380. The fourth-order valence-corrected chi connectivity index (χ4v) is 5.53. The lowest BCUT2D eigenvalue weighted by atomic mass is 9.94. The Hall–Kier alpha value is -2.60. The van der Waals surface area contributed by atoms with Crippen LogP contribution in [0.1, 0.15) is 50.2 Å². The third-order valence-corrected chi connectivity index (χ3v) is 7.49. The molecule has 0 aliphatic heterocycles. The molecule has 0 bridgehead atoms. The van der Waals surface area contributed by atoms with Crippen LogP contribution >= 0.6 is 11.8 Å². The van der Waals surface area contributed by atoms with E-state index in [9.17, 15) is 9.59 Å². The molecule has 6 heteroatoms. The topological polar surface area (TPSA) is 55.2 Å². The third-order valence-electron chi connectivity index (χ3n) is 6.56. The average molecular weight is 450 g/mol. The van der Waals surface area contributed by atoms with Crippen molar-refractivity contribution in [2.75, 3.05) is 12.3 Å². The van der Waals surface area contributed by atoms with E-state index < -0.39 is 0 Å². The van der Waals surface area contributed by atoms with Crippen LogP contribution in [0.4, 0.5) is 0 Å². The van der Waals surface area contributed by atoms with Gasteiger partial charge in [0.05, 0.1) is 22.3 Å². The Morgan fingerprint density at radius 2 is 1.84 bits per heavy atom. The van der Waals surface area contributed by atoms with Crippen LogP contribution in [0.2, 0.25) is 0 Å². The Morgan fingerprint density at radius 1 is 1.09 bits per heavy atom. The van der Waals surface area contributed by atoms with Gasteiger partial charge in [-0.15, -0.1) is 0 Å². The molecule has 0 N–H and O–H groups in total. The number of nitrogens with zero attached hydrogens (tertiary/aromatic N) is 3. The molecule has 1 aliphatic carbocycles. The molecule has 2 aromatic carbocycles. The molecule has 0 atom stereocenters. The Kier molecular flexibility index (Phi) is 6.99. The van der Waals surface area contributed by atoms with Crippen molar-refractivity contribution in [1.82, 2.24) is 14.5 Å². The van der Waals surface area contributed by atoms with Crippen LogP contribution in [-0.2, 0) is 4.79 Å². The normalized spacial score (nSPS) is 14.6. The summed E-state index contributed by atoms with van der Waals surface area (Å²) in [6.07, 6.45) is 5.83. The molecule has 1 fully saturated rings. The zero-order valence-electron chi connectivity index (χ0n) is 19.1. The van der Waals surface area contributed by atoms with E-state index in [1.807, 2.05) is 61.2 Å². The molecule has 1 aliphatic rings. The lowest BCUT2D eigenvalue weighted by Crippen LogP contribution is -2.42. The molecule has 1 aromatic heterocycles. The second-order valence-electron chi connectivity index (χ2n) is 8.53. The van der Waals surface area contributed by atoms with Gasteiger partial charge < -0.3 is 4.90 Å².